The number of benzene rings is 1. The topological polar surface area (TPSA) is 23.5 Å². The number of phenols is 1. The molecule has 0 amide bonds. The minimum absolute atomic E-state index is 0.0255. The molecule has 1 fully saturated rings. The first-order valence-electron chi connectivity index (χ1n) is 6.35. The van der Waals surface area contributed by atoms with Gasteiger partial charge in [-0.2, -0.15) is 0 Å². The van der Waals surface area contributed by atoms with Gasteiger partial charge < -0.3 is 5.11 Å². The van der Waals surface area contributed by atoms with Crippen LogP contribution in [0.5, 0.6) is 5.75 Å². The maximum absolute atomic E-state index is 9.54. The lowest BCUT2D eigenvalue weighted by Gasteiger charge is -2.35. The molecule has 18 heavy (non-hydrogen) atoms. The SMILES string of the molecule is CC1CC(C)CN(Cc2cc(Cl)c(O)c(Cl)c2)C1. The molecule has 0 spiro atoms. The van der Waals surface area contributed by atoms with Crippen LogP contribution in [0, 0.1) is 11.8 Å². The molecule has 100 valence electrons. The lowest BCUT2D eigenvalue weighted by molar-refractivity contribution is 0.134. The van der Waals surface area contributed by atoms with Gasteiger partial charge in [0.05, 0.1) is 10.0 Å². The molecule has 2 unspecified atom stereocenters. The fraction of sp³-hybridized carbons (Fsp3) is 0.571. The largest absolute Gasteiger partial charge is 0.505 e. The summed E-state index contributed by atoms with van der Waals surface area (Å²) in [7, 11) is 0. The zero-order valence-electron chi connectivity index (χ0n) is 10.8. The van der Waals surface area contributed by atoms with Crippen LogP contribution in [0.25, 0.3) is 0 Å². The summed E-state index contributed by atoms with van der Waals surface area (Å²) in [5.74, 6) is 1.44. The highest BCUT2D eigenvalue weighted by Gasteiger charge is 2.22. The van der Waals surface area contributed by atoms with Gasteiger partial charge in [-0.05, 0) is 36.0 Å². The van der Waals surface area contributed by atoms with E-state index in [9.17, 15) is 5.11 Å². The van der Waals surface area contributed by atoms with Gasteiger partial charge in [-0.25, -0.2) is 0 Å². The lowest BCUT2D eigenvalue weighted by Crippen LogP contribution is -2.38. The van der Waals surface area contributed by atoms with E-state index in [0.29, 0.717) is 10.0 Å². The van der Waals surface area contributed by atoms with Gasteiger partial charge in [0.1, 0.15) is 0 Å². The maximum Gasteiger partial charge on any atom is 0.152 e. The number of piperidine rings is 1. The van der Waals surface area contributed by atoms with Crippen molar-refractivity contribution in [1.29, 1.82) is 0 Å². The Bertz CT molecular complexity index is 403. The van der Waals surface area contributed by atoms with Gasteiger partial charge in [0.15, 0.2) is 5.75 Å². The van der Waals surface area contributed by atoms with E-state index in [4.69, 9.17) is 23.2 Å². The summed E-state index contributed by atoms with van der Waals surface area (Å²) < 4.78 is 0. The van der Waals surface area contributed by atoms with Crippen LogP contribution < -0.4 is 0 Å². The molecule has 0 aromatic heterocycles. The van der Waals surface area contributed by atoms with Crippen molar-refractivity contribution in [1.82, 2.24) is 4.90 Å². The molecule has 1 saturated heterocycles. The summed E-state index contributed by atoms with van der Waals surface area (Å²) in [5, 5.41) is 10.2. The Balaban J connectivity index is 2.09. The normalized spacial score (nSPS) is 25.3. The first kappa shape index (κ1) is 14.0. The predicted molar refractivity (Wildman–Crippen MR) is 76.3 cm³/mol. The van der Waals surface area contributed by atoms with Gasteiger partial charge in [-0.1, -0.05) is 37.0 Å². The van der Waals surface area contributed by atoms with Crippen molar-refractivity contribution in [2.45, 2.75) is 26.8 Å². The van der Waals surface area contributed by atoms with Gasteiger partial charge in [0.2, 0.25) is 0 Å². The second-order valence-electron chi connectivity index (χ2n) is 5.55. The minimum Gasteiger partial charge on any atom is -0.505 e. The molecule has 1 aromatic rings. The van der Waals surface area contributed by atoms with Crippen molar-refractivity contribution < 1.29 is 5.11 Å². The van der Waals surface area contributed by atoms with E-state index >= 15 is 0 Å². The van der Waals surface area contributed by atoms with Crippen LogP contribution in [-0.2, 0) is 6.54 Å². The highest BCUT2D eigenvalue weighted by molar-refractivity contribution is 6.37. The average Bonchev–Trinajstić information content (AvgIpc) is 2.24. The maximum atomic E-state index is 9.54. The zero-order chi connectivity index (χ0) is 13.3. The Morgan fingerprint density at radius 2 is 1.67 bits per heavy atom. The molecule has 4 heteroatoms. The fourth-order valence-electron chi connectivity index (χ4n) is 2.89. The molecular formula is C14H19Cl2NO. The first-order valence-corrected chi connectivity index (χ1v) is 7.10. The van der Waals surface area contributed by atoms with Crippen LogP contribution >= 0.6 is 23.2 Å². The summed E-state index contributed by atoms with van der Waals surface area (Å²) in [4.78, 5) is 2.43. The van der Waals surface area contributed by atoms with E-state index in [0.717, 1.165) is 37.0 Å². The average molecular weight is 288 g/mol. The Hall–Kier alpha value is -0.440. The van der Waals surface area contributed by atoms with Crippen LogP contribution in [0.2, 0.25) is 10.0 Å². The number of likely N-dealkylation sites (tertiary alicyclic amines) is 1. The van der Waals surface area contributed by atoms with E-state index in [-0.39, 0.29) is 5.75 Å². The number of nitrogens with zero attached hydrogens (tertiary/aromatic N) is 1. The third-order valence-corrected chi connectivity index (χ3v) is 4.00. The van der Waals surface area contributed by atoms with Gasteiger partial charge >= 0.3 is 0 Å². The molecule has 2 rings (SSSR count). The van der Waals surface area contributed by atoms with Crippen LogP contribution in [0.1, 0.15) is 25.8 Å². The number of phenolic OH excluding ortho intramolecular Hbond substituents is 1. The molecule has 0 aliphatic carbocycles. The van der Waals surface area contributed by atoms with E-state index in [1.54, 1.807) is 12.1 Å². The number of rotatable bonds is 2. The Morgan fingerprint density at radius 3 is 2.17 bits per heavy atom. The lowest BCUT2D eigenvalue weighted by atomic mass is 9.91. The Kier molecular flexibility index (Phi) is 4.41. The second-order valence-corrected chi connectivity index (χ2v) is 6.36. The van der Waals surface area contributed by atoms with Crippen molar-refractivity contribution in [3.63, 3.8) is 0 Å². The second kappa shape index (κ2) is 5.68. The van der Waals surface area contributed by atoms with Crippen LogP contribution in [-0.4, -0.2) is 23.1 Å². The molecule has 0 radical (unpaired) electrons. The summed E-state index contributed by atoms with van der Waals surface area (Å²) in [6.07, 6.45) is 1.30. The van der Waals surface area contributed by atoms with Crippen LogP contribution in [0.15, 0.2) is 12.1 Å². The van der Waals surface area contributed by atoms with E-state index in [1.807, 2.05) is 0 Å². The number of aromatic hydroxyl groups is 1. The minimum atomic E-state index is -0.0255. The number of halogens is 2. The van der Waals surface area contributed by atoms with Crippen molar-refractivity contribution in [2.75, 3.05) is 13.1 Å². The third-order valence-electron chi connectivity index (χ3n) is 3.43. The molecule has 1 aromatic carbocycles. The van der Waals surface area contributed by atoms with Gasteiger partial charge in [-0.15, -0.1) is 0 Å². The van der Waals surface area contributed by atoms with Crippen molar-refractivity contribution in [2.24, 2.45) is 11.8 Å². The number of hydrogen-bond donors (Lipinski definition) is 1. The number of hydrogen-bond acceptors (Lipinski definition) is 2. The van der Waals surface area contributed by atoms with E-state index in [1.165, 1.54) is 6.42 Å². The van der Waals surface area contributed by atoms with Gasteiger partial charge in [-0.3, -0.25) is 4.90 Å². The quantitative estimate of drug-likeness (QED) is 0.882. The Morgan fingerprint density at radius 1 is 1.17 bits per heavy atom. The molecule has 2 nitrogen and oxygen atoms in total. The molecule has 2 atom stereocenters. The highest BCUT2D eigenvalue weighted by atomic mass is 35.5. The van der Waals surface area contributed by atoms with E-state index in [2.05, 4.69) is 18.7 Å². The van der Waals surface area contributed by atoms with Gasteiger partial charge in [0, 0.05) is 19.6 Å². The molecule has 1 aliphatic heterocycles. The standard InChI is InChI=1S/C14H19Cl2NO/c1-9-3-10(2)7-17(6-9)8-11-4-12(15)14(18)13(16)5-11/h4-5,9-10,18H,3,6-8H2,1-2H3. The van der Waals surface area contributed by atoms with Crippen molar-refractivity contribution >= 4 is 23.2 Å². The van der Waals surface area contributed by atoms with Crippen LogP contribution in [0.3, 0.4) is 0 Å². The van der Waals surface area contributed by atoms with Crippen molar-refractivity contribution in [3.05, 3.63) is 27.7 Å². The monoisotopic (exact) mass is 287 g/mol. The predicted octanol–water partition coefficient (Wildman–Crippen LogP) is 4.18. The smallest absolute Gasteiger partial charge is 0.152 e. The summed E-state index contributed by atoms with van der Waals surface area (Å²) >= 11 is 11.9. The van der Waals surface area contributed by atoms with Crippen molar-refractivity contribution in [3.8, 4) is 5.75 Å². The fourth-order valence-corrected chi connectivity index (χ4v) is 3.42. The molecule has 1 N–H and O–H groups in total. The summed E-state index contributed by atoms with van der Waals surface area (Å²) in [6.45, 7) is 7.65. The Labute approximate surface area is 119 Å². The molecular weight excluding hydrogens is 269 g/mol. The molecule has 0 bridgehead atoms. The summed E-state index contributed by atoms with van der Waals surface area (Å²) in [6, 6.07) is 3.60. The first-order chi connectivity index (χ1) is 8.45. The molecule has 0 saturated carbocycles. The van der Waals surface area contributed by atoms with Crippen LogP contribution in [0.4, 0.5) is 0 Å². The zero-order valence-corrected chi connectivity index (χ0v) is 12.3. The highest BCUT2D eigenvalue weighted by Crippen LogP contribution is 2.33. The molecule has 1 aliphatic rings. The summed E-state index contributed by atoms with van der Waals surface area (Å²) in [5.41, 5.74) is 1.06. The van der Waals surface area contributed by atoms with E-state index < -0.39 is 0 Å². The van der Waals surface area contributed by atoms with Gasteiger partial charge in [0.25, 0.3) is 0 Å². The third kappa shape index (κ3) is 3.31. The molecule has 1 heterocycles.